The number of rotatable bonds is 4. The van der Waals surface area contributed by atoms with Crippen molar-refractivity contribution in [2.75, 3.05) is 37.8 Å². The first-order valence-corrected chi connectivity index (χ1v) is 10.2. The molecule has 0 radical (unpaired) electrons. The van der Waals surface area contributed by atoms with E-state index in [0.29, 0.717) is 25.4 Å². The minimum atomic E-state index is -0.382. The summed E-state index contributed by atoms with van der Waals surface area (Å²) in [6, 6.07) is 1.80. The van der Waals surface area contributed by atoms with E-state index in [1.807, 2.05) is 6.92 Å². The lowest BCUT2D eigenvalue weighted by Crippen LogP contribution is -2.36. The van der Waals surface area contributed by atoms with Gasteiger partial charge in [0.25, 0.3) is 0 Å². The molecule has 0 unspecified atom stereocenters. The molecule has 4 heterocycles. The maximum Gasteiger partial charge on any atom is 0.339 e. The third-order valence-corrected chi connectivity index (χ3v) is 6.04. The number of ether oxygens (including phenoxy) is 2. The Bertz CT molecular complexity index is 1030. The first-order valence-electron chi connectivity index (χ1n) is 9.00. The average molecular weight is 419 g/mol. The van der Waals surface area contributed by atoms with Crippen molar-refractivity contribution in [3.8, 4) is 10.4 Å². The minimum Gasteiger partial charge on any atom is -0.462 e. The van der Waals surface area contributed by atoms with Crippen molar-refractivity contribution < 1.29 is 14.3 Å². The van der Waals surface area contributed by atoms with Crippen LogP contribution in [0.25, 0.3) is 20.7 Å². The third kappa shape index (κ3) is 3.55. The van der Waals surface area contributed by atoms with Crippen LogP contribution in [0, 0.1) is 6.92 Å². The van der Waals surface area contributed by atoms with E-state index >= 15 is 0 Å². The van der Waals surface area contributed by atoms with Crippen molar-refractivity contribution in [1.82, 2.24) is 15.0 Å². The molecule has 28 heavy (non-hydrogen) atoms. The van der Waals surface area contributed by atoms with Crippen LogP contribution in [0.15, 0.2) is 18.5 Å². The molecule has 3 aromatic rings. The Morgan fingerprint density at radius 2 is 2.11 bits per heavy atom. The highest BCUT2D eigenvalue weighted by atomic mass is 35.5. The molecule has 0 aromatic carbocycles. The number of aromatic nitrogens is 3. The summed E-state index contributed by atoms with van der Waals surface area (Å²) in [6.07, 6.45) is 3.25. The second kappa shape index (κ2) is 7.98. The van der Waals surface area contributed by atoms with E-state index in [9.17, 15) is 4.79 Å². The highest BCUT2D eigenvalue weighted by Gasteiger charge is 2.22. The first kappa shape index (κ1) is 19.0. The molecule has 9 heteroatoms. The summed E-state index contributed by atoms with van der Waals surface area (Å²) in [6.45, 7) is 6.93. The van der Waals surface area contributed by atoms with Gasteiger partial charge in [0.1, 0.15) is 0 Å². The lowest BCUT2D eigenvalue weighted by atomic mass is 10.1. The molecule has 0 saturated carbocycles. The van der Waals surface area contributed by atoms with E-state index in [-0.39, 0.29) is 11.3 Å². The van der Waals surface area contributed by atoms with Gasteiger partial charge in [-0.2, -0.15) is 4.98 Å². The van der Waals surface area contributed by atoms with E-state index < -0.39 is 0 Å². The molecule has 0 amide bonds. The van der Waals surface area contributed by atoms with Crippen molar-refractivity contribution in [3.63, 3.8) is 0 Å². The lowest BCUT2D eigenvalue weighted by Gasteiger charge is -2.28. The fourth-order valence-electron chi connectivity index (χ4n) is 3.20. The highest BCUT2D eigenvalue weighted by molar-refractivity contribution is 7.23. The fourth-order valence-corrected chi connectivity index (χ4v) is 4.61. The Morgan fingerprint density at radius 3 is 2.86 bits per heavy atom. The van der Waals surface area contributed by atoms with Gasteiger partial charge in [-0.3, -0.25) is 4.98 Å². The Kier molecular flexibility index (Phi) is 5.43. The number of carbonyl (C=O) groups is 1. The van der Waals surface area contributed by atoms with Crippen LogP contribution < -0.4 is 4.90 Å². The normalized spacial score (nSPS) is 14.5. The number of morpholine rings is 1. The van der Waals surface area contributed by atoms with Crippen LogP contribution in [0.4, 0.5) is 5.82 Å². The first-order chi connectivity index (χ1) is 13.6. The summed E-state index contributed by atoms with van der Waals surface area (Å²) >= 11 is 7.80. The Labute approximate surface area is 171 Å². The number of aryl methyl sites for hydroxylation is 1. The predicted octanol–water partition coefficient (Wildman–Crippen LogP) is 3.73. The summed E-state index contributed by atoms with van der Waals surface area (Å²) in [5.41, 5.74) is 3.08. The van der Waals surface area contributed by atoms with Crippen LogP contribution in [0.3, 0.4) is 0 Å². The smallest absolute Gasteiger partial charge is 0.339 e. The van der Waals surface area contributed by atoms with E-state index in [1.54, 1.807) is 30.5 Å². The van der Waals surface area contributed by atoms with E-state index in [1.165, 1.54) is 6.20 Å². The second-order valence-electron chi connectivity index (χ2n) is 6.33. The SMILES string of the molecule is CCOC(=O)c1cncc(-c2sc3c(N4CCOCC4)nc(Cl)nc3c2C)c1. The molecule has 1 aliphatic rings. The average Bonchev–Trinajstić information content (AvgIpc) is 3.05. The predicted molar refractivity (Wildman–Crippen MR) is 109 cm³/mol. The molecule has 1 fully saturated rings. The fraction of sp³-hybridized carbons (Fsp3) is 0.368. The number of anilines is 1. The van der Waals surface area contributed by atoms with Crippen LogP contribution in [0.5, 0.6) is 0 Å². The van der Waals surface area contributed by atoms with Crippen molar-refractivity contribution in [3.05, 3.63) is 34.9 Å². The molecule has 0 atom stereocenters. The van der Waals surface area contributed by atoms with Gasteiger partial charge in [-0.05, 0) is 37.1 Å². The molecule has 0 N–H and O–H groups in total. The standard InChI is InChI=1S/C19H19ClN4O3S/c1-3-27-18(25)13-8-12(9-21-10-13)15-11(2)14-16(28-15)17(23-19(20)22-14)24-4-6-26-7-5-24/h8-10H,3-7H2,1-2H3. The van der Waals surface area contributed by atoms with Gasteiger partial charge in [0.05, 0.1) is 35.6 Å². The molecular formula is C19H19ClN4O3S. The Balaban J connectivity index is 1.82. The highest BCUT2D eigenvalue weighted by Crippen LogP contribution is 2.41. The van der Waals surface area contributed by atoms with Gasteiger partial charge in [-0.25, -0.2) is 9.78 Å². The van der Waals surface area contributed by atoms with Gasteiger partial charge >= 0.3 is 5.97 Å². The number of hydrogen-bond donors (Lipinski definition) is 0. The molecule has 0 spiro atoms. The zero-order chi connectivity index (χ0) is 19.7. The summed E-state index contributed by atoms with van der Waals surface area (Å²) in [7, 11) is 0. The van der Waals surface area contributed by atoms with Gasteiger partial charge in [0, 0.05) is 35.9 Å². The van der Waals surface area contributed by atoms with Gasteiger partial charge in [-0.15, -0.1) is 11.3 Å². The van der Waals surface area contributed by atoms with Gasteiger partial charge in [-0.1, -0.05) is 0 Å². The number of carbonyl (C=O) groups excluding carboxylic acids is 1. The van der Waals surface area contributed by atoms with Crippen molar-refractivity contribution in [2.45, 2.75) is 13.8 Å². The molecule has 0 aliphatic carbocycles. The minimum absolute atomic E-state index is 0.222. The lowest BCUT2D eigenvalue weighted by molar-refractivity contribution is 0.0526. The van der Waals surface area contributed by atoms with Crippen LogP contribution in [-0.4, -0.2) is 53.8 Å². The summed E-state index contributed by atoms with van der Waals surface area (Å²) in [5, 5.41) is 0.222. The topological polar surface area (TPSA) is 77.4 Å². The third-order valence-electron chi connectivity index (χ3n) is 4.54. The van der Waals surface area contributed by atoms with Crippen LogP contribution in [0.2, 0.25) is 5.28 Å². The van der Waals surface area contributed by atoms with Crippen LogP contribution >= 0.6 is 22.9 Å². The van der Waals surface area contributed by atoms with E-state index in [2.05, 4.69) is 19.9 Å². The van der Waals surface area contributed by atoms with E-state index in [0.717, 1.165) is 45.1 Å². The Hall–Kier alpha value is -2.29. The molecule has 146 valence electrons. The van der Waals surface area contributed by atoms with Crippen LogP contribution in [0.1, 0.15) is 22.8 Å². The molecule has 3 aromatic heterocycles. The zero-order valence-corrected chi connectivity index (χ0v) is 17.1. The van der Waals surface area contributed by atoms with E-state index in [4.69, 9.17) is 21.1 Å². The zero-order valence-electron chi connectivity index (χ0n) is 15.6. The number of pyridine rings is 1. The molecule has 4 rings (SSSR count). The largest absolute Gasteiger partial charge is 0.462 e. The summed E-state index contributed by atoms with van der Waals surface area (Å²) in [5.74, 6) is 0.444. The number of hydrogen-bond acceptors (Lipinski definition) is 8. The van der Waals surface area contributed by atoms with Crippen molar-refractivity contribution >= 4 is 44.9 Å². The van der Waals surface area contributed by atoms with Gasteiger partial charge in [0.2, 0.25) is 5.28 Å². The molecular weight excluding hydrogens is 400 g/mol. The monoisotopic (exact) mass is 418 g/mol. The number of nitrogens with zero attached hydrogens (tertiary/aromatic N) is 4. The number of fused-ring (bicyclic) bond motifs is 1. The van der Waals surface area contributed by atoms with Gasteiger partial charge < -0.3 is 14.4 Å². The second-order valence-corrected chi connectivity index (χ2v) is 7.69. The number of halogens is 1. The maximum atomic E-state index is 12.1. The Morgan fingerprint density at radius 1 is 1.32 bits per heavy atom. The van der Waals surface area contributed by atoms with Gasteiger partial charge in [0.15, 0.2) is 5.82 Å². The number of thiophene rings is 1. The molecule has 1 saturated heterocycles. The van der Waals surface area contributed by atoms with Crippen molar-refractivity contribution in [1.29, 1.82) is 0 Å². The summed E-state index contributed by atoms with van der Waals surface area (Å²) in [4.78, 5) is 28.4. The van der Waals surface area contributed by atoms with Crippen molar-refractivity contribution in [2.24, 2.45) is 0 Å². The number of esters is 1. The maximum absolute atomic E-state index is 12.1. The quantitative estimate of drug-likeness (QED) is 0.472. The molecule has 1 aliphatic heterocycles. The molecule has 0 bridgehead atoms. The summed E-state index contributed by atoms with van der Waals surface area (Å²) < 4.78 is 11.5. The van der Waals surface area contributed by atoms with Crippen LogP contribution in [-0.2, 0) is 9.47 Å². The molecule has 7 nitrogen and oxygen atoms in total.